The number of rotatable bonds is 6. The van der Waals surface area contributed by atoms with Gasteiger partial charge in [0.1, 0.15) is 22.4 Å². The predicted octanol–water partition coefficient (Wildman–Crippen LogP) is 7.63. The summed E-state index contributed by atoms with van der Waals surface area (Å²) >= 11 is 1.30. The molecule has 40 heavy (non-hydrogen) atoms. The number of hydrogen-bond donors (Lipinski definition) is 0. The Balaban J connectivity index is 1.33. The van der Waals surface area contributed by atoms with Crippen LogP contribution in [0.2, 0.25) is 0 Å². The number of furan rings is 1. The molecule has 200 valence electrons. The van der Waals surface area contributed by atoms with Gasteiger partial charge in [0, 0.05) is 6.42 Å². The highest BCUT2D eigenvalue weighted by molar-refractivity contribution is 7.17. The van der Waals surface area contributed by atoms with E-state index in [1.54, 1.807) is 6.26 Å². The molecule has 0 bridgehead atoms. The molecule has 0 saturated carbocycles. The summed E-state index contributed by atoms with van der Waals surface area (Å²) in [6.45, 7) is 7.53. The lowest BCUT2D eigenvalue weighted by molar-refractivity contribution is 0.0945. The molecule has 0 radical (unpaired) electrons. The Morgan fingerprint density at radius 1 is 0.950 bits per heavy atom. The van der Waals surface area contributed by atoms with Crippen molar-refractivity contribution < 1.29 is 9.21 Å². The van der Waals surface area contributed by atoms with Crippen LogP contribution in [-0.4, -0.2) is 26.4 Å². The summed E-state index contributed by atoms with van der Waals surface area (Å²) in [4.78, 5) is 19.0. The quantitative estimate of drug-likeness (QED) is 0.203. The molecule has 5 aromatic rings. The maximum atomic E-state index is 13.7. The van der Waals surface area contributed by atoms with Crippen LogP contribution in [-0.2, 0) is 0 Å². The number of aromatic nitrogens is 3. The number of azo groups is 1. The molecular formula is C30H27N7O2S. The molecule has 4 heterocycles. The highest BCUT2D eigenvalue weighted by Crippen LogP contribution is 2.40. The van der Waals surface area contributed by atoms with Gasteiger partial charge in [0.05, 0.1) is 34.7 Å². The van der Waals surface area contributed by atoms with E-state index in [4.69, 9.17) is 14.5 Å². The van der Waals surface area contributed by atoms with E-state index in [1.807, 2.05) is 68.2 Å². The zero-order valence-corrected chi connectivity index (χ0v) is 23.4. The second-order valence-electron chi connectivity index (χ2n) is 9.68. The molecule has 0 saturated heterocycles. The van der Waals surface area contributed by atoms with E-state index >= 15 is 0 Å². The van der Waals surface area contributed by atoms with Gasteiger partial charge in [-0.3, -0.25) is 4.79 Å². The number of aryl methyl sites for hydroxylation is 3. The van der Waals surface area contributed by atoms with Gasteiger partial charge >= 0.3 is 0 Å². The SMILES string of the molecule is Cc1ccc(C2=NN(c3nc(C)c(C(=O)n4nc(C)c(N=Nc5ccccc5)c4C)s3)C(c3ccco3)C2)cc1. The van der Waals surface area contributed by atoms with E-state index in [0.29, 0.717) is 39.2 Å². The molecule has 10 heteroatoms. The van der Waals surface area contributed by atoms with E-state index < -0.39 is 0 Å². The molecule has 0 spiro atoms. The third kappa shape index (κ3) is 4.77. The zero-order valence-electron chi connectivity index (χ0n) is 22.6. The first kappa shape index (κ1) is 25.6. The first-order valence-corrected chi connectivity index (χ1v) is 13.7. The van der Waals surface area contributed by atoms with E-state index in [2.05, 4.69) is 46.5 Å². The molecule has 0 amide bonds. The molecule has 0 fully saturated rings. The number of benzene rings is 2. The van der Waals surface area contributed by atoms with Gasteiger partial charge in [0.25, 0.3) is 5.91 Å². The molecule has 2 aromatic carbocycles. The standard InChI is InChI=1S/C30H27N7O2S/c1-18-12-14-22(15-13-18)24-17-25(26-11-8-16-39-26)37(35-24)30-31-20(3)28(40-30)29(38)36-21(4)27(19(2)34-36)33-32-23-9-6-5-7-10-23/h5-16,25H,17H2,1-4H3. The summed E-state index contributed by atoms with van der Waals surface area (Å²) in [6, 6.07) is 21.4. The zero-order chi connectivity index (χ0) is 27.8. The fourth-order valence-electron chi connectivity index (χ4n) is 4.66. The van der Waals surface area contributed by atoms with Crippen LogP contribution >= 0.6 is 11.3 Å². The van der Waals surface area contributed by atoms with Crippen molar-refractivity contribution in [2.45, 2.75) is 40.2 Å². The summed E-state index contributed by atoms with van der Waals surface area (Å²) in [7, 11) is 0. The summed E-state index contributed by atoms with van der Waals surface area (Å²) in [5, 5.41) is 20.6. The maximum absolute atomic E-state index is 13.7. The van der Waals surface area contributed by atoms with Crippen molar-refractivity contribution in [3.05, 3.63) is 112 Å². The van der Waals surface area contributed by atoms with Crippen molar-refractivity contribution in [3.63, 3.8) is 0 Å². The molecule has 1 aliphatic rings. The summed E-state index contributed by atoms with van der Waals surface area (Å²) in [5.74, 6) is 0.526. The maximum Gasteiger partial charge on any atom is 0.290 e. The number of thiazole rings is 1. The lowest BCUT2D eigenvalue weighted by Gasteiger charge is -2.18. The van der Waals surface area contributed by atoms with Gasteiger partial charge in [-0.25, -0.2) is 9.99 Å². The predicted molar refractivity (Wildman–Crippen MR) is 155 cm³/mol. The lowest BCUT2D eigenvalue weighted by Crippen LogP contribution is -2.17. The third-order valence-electron chi connectivity index (χ3n) is 6.81. The van der Waals surface area contributed by atoms with Crippen molar-refractivity contribution in [3.8, 4) is 0 Å². The minimum Gasteiger partial charge on any atom is -0.467 e. The monoisotopic (exact) mass is 549 g/mol. The van der Waals surface area contributed by atoms with Crippen LogP contribution in [0, 0.1) is 27.7 Å². The second kappa shape index (κ2) is 10.5. The number of hydrogen-bond acceptors (Lipinski definition) is 9. The van der Waals surface area contributed by atoms with Crippen LogP contribution < -0.4 is 5.01 Å². The lowest BCUT2D eigenvalue weighted by atomic mass is 10.0. The highest BCUT2D eigenvalue weighted by atomic mass is 32.1. The third-order valence-corrected chi connectivity index (χ3v) is 7.94. The Morgan fingerprint density at radius 2 is 1.73 bits per heavy atom. The minimum atomic E-state index is -0.264. The van der Waals surface area contributed by atoms with Crippen molar-refractivity contribution in [2.75, 3.05) is 5.01 Å². The molecule has 3 aromatic heterocycles. The molecular weight excluding hydrogens is 522 g/mol. The van der Waals surface area contributed by atoms with Crippen molar-refractivity contribution in [2.24, 2.45) is 15.3 Å². The number of carbonyl (C=O) groups is 1. The van der Waals surface area contributed by atoms with Crippen LogP contribution in [0.5, 0.6) is 0 Å². The molecule has 0 aliphatic carbocycles. The highest BCUT2D eigenvalue weighted by Gasteiger charge is 2.35. The fourth-order valence-corrected chi connectivity index (χ4v) is 5.66. The van der Waals surface area contributed by atoms with Crippen molar-refractivity contribution >= 4 is 39.5 Å². The summed E-state index contributed by atoms with van der Waals surface area (Å²) < 4.78 is 7.16. The first-order valence-electron chi connectivity index (χ1n) is 12.9. The van der Waals surface area contributed by atoms with Gasteiger partial charge < -0.3 is 4.42 Å². The molecule has 1 unspecified atom stereocenters. The molecule has 1 atom stereocenters. The Bertz CT molecular complexity index is 1730. The largest absolute Gasteiger partial charge is 0.467 e. The van der Waals surface area contributed by atoms with Crippen LogP contribution in [0.3, 0.4) is 0 Å². The smallest absolute Gasteiger partial charge is 0.290 e. The number of carbonyl (C=O) groups excluding carboxylic acids is 1. The minimum absolute atomic E-state index is 0.168. The topological polar surface area (TPSA) is 101 Å². The van der Waals surface area contributed by atoms with E-state index in [1.165, 1.54) is 21.6 Å². The van der Waals surface area contributed by atoms with Crippen molar-refractivity contribution in [1.82, 2.24) is 14.8 Å². The average molecular weight is 550 g/mol. The van der Waals surface area contributed by atoms with Crippen LogP contribution in [0.1, 0.15) is 56.1 Å². The first-order chi connectivity index (χ1) is 19.4. The molecule has 1 aliphatic heterocycles. The van der Waals surface area contributed by atoms with E-state index in [-0.39, 0.29) is 11.9 Å². The van der Waals surface area contributed by atoms with Gasteiger partial charge in [-0.15, -0.1) is 5.11 Å². The van der Waals surface area contributed by atoms with E-state index in [0.717, 1.165) is 22.7 Å². The normalized spacial score (nSPS) is 15.2. The average Bonchev–Trinajstić information content (AvgIpc) is 3.75. The van der Waals surface area contributed by atoms with Gasteiger partial charge in [-0.05, 0) is 57.5 Å². The Kier molecular flexibility index (Phi) is 6.69. The number of anilines is 1. The second-order valence-corrected chi connectivity index (χ2v) is 10.7. The van der Waals surface area contributed by atoms with Crippen LogP contribution in [0.15, 0.2) is 92.7 Å². The van der Waals surface area contributed by atoms with Gasteiger partial charge in [-0.1, -0.05) is 59.4 Å². The van der Waals surface area contributed by atoms with Gasteiger partial charge in [0.15, 0.2) is 0 Å². The fraction of sp³-hybridized carbons (Fsp3) is 0.200. The summed E-state index contributed by atoms with van der Waals surface area (Å²) in [5.41, 5.74) is 6.33. The van der Waals surface area contributed by atoms with Crippen molar-refractivity contribution in [1.29, 1.82) is 0 Å². The van der Waals surface area contributed by atoms with Crippen LogP contribution in [0.4, 0.5) is 16.5 Å². The molecule has 0 N–H and O–H groups in total. The Hall–Kier alpha value is -4.70. The van der Waals surface area contributed by atoms with Crippen LogP contribution in [0.25, 0.3) is 0 Å². The number of nitrogens with zero attached hydrogens (tertiary/aromatic N) is 7. The summed E-state index contributed by atoms with van der Waals surface area (Å²) in [6.07, 6.45) is 2.32. The van der Waals surface area contributed by atoms with E-state index in [9.17, 15) is 4.79 Å². The van der Waals surface area contributed by atoms with Gasteiger partial charge in [0.2, 0.25) is 5.13 Å². The molecule has 9 nitrogen and oxygen atoms in total. The Morgan fingerprint density at radius 3 is 2.45 bits per heavy atom. The number of hydrazone groups is 1. The van der Waals surface area contributed by atoms with Gasteiger partial charge in [-0.2, -0.15) is 20.0 Å². The Labute approximate surface area is 235 Å². The molecule has 6 rings (SSSR count).